The molecule has 0 aliphatic heterocycles. The molecule has 7 nitrogen and oxygen atoms in total. The van der Waals surface area contributed by atoms with E-state index in [2.05, 4.69) is 15.5 Å². The van der Waals surface area contributed by atoms with Crippen LogP contribution in [0.25, 0.3) is 21.9 Å². The third-order valence-electron chi connectivity index (χ3n) is 4.35. The van der Waals surface area contributed by atoms with Crippen LogP contribution in [0.15, 0.2) is 81.4 Å². The zero-order valence-corrected chi connectivity index (χ0v) is 15.5. The van der Waals surface area contributed by atoms with E-state index in [-0.39, 0.29) is 11.0 Å². The summed E-state index contributed by atoms with van der Waals surface area (Å²) in [4.78, 5) is 29.0. The molecule has 7 heteroatoms. The smallest absolute Gasteiger partial charge is 0.280 e. The van der Waals surface area contributed by atoms with E-state index in [0.29, 0.717) is 22.2 Å². The Morgan fingerprint density at radius 2 is 2.00 bits per heavy atom. The van der Waals surface area contributed by atoms with Crippen molar-refractivity contribution in [3.8, 4) is 5.75 Å². The van der Waals surface area contributed by atoms with Crippen LogP contribution in [0.1, 0.15) is 12.5 Å². The van der Waals surface area contributed by atoms with Gasteiger partial charge in [0.05, 0.1) is 17.2 Å². The SMILES string of the molecule is C[C@@H](Oc1cccc2cccnc12)C(=O)N/N=C\c1coc2ccccc2c1=O. The van der Waals surface area contributed by atoms with E-state index in [1.54, 1.807) is 43.5 Å². The molecule has 2 aromatic carbocycles. The number of carbonyl (C=O) groups is 1. The highest BCUT2D eigenvalue weighted by Crippen LogP contribution is 2.23. The third-order valence-corrected chi connectivity index (χ3v) is 4.35. The summed E-state index contributed by atoms with van der Waals surface area (Å²) in [6.45, 7) is 1.61. The fourth-order valence-electron chi connectivity index (χ4n) is 2.85. The summed E-state index contributed by atoms with van der Waals surface area (Å²) in [5, 5.41) is 5.22. The number of nitrogens with zero attached hydrogens (tertiary/aromatic N) is 2. The number of hydrazone groups is 1. The van der Waals surface area contributed by atoms with Crippen LogP contribution in [0.2, 0.25) is 0 Å². The number of hydrogen-bond donors (Lipinski definition) is 1. The van der Waals surface area contributed by atoms with E-state index in [1.165, 1.54) is 12.5 Å². The molecule has 0 fully saturated rings. The molecular formula is C22H17N3O4. The maximum atomic E-state index is 12.4. The monoisotopic (exact) mass is 387 g/mol. The second-order valence-corrected chi connectivity index (χ2v) is 6.34. The molecule has 144 valence electrons. The largest absolute Gasteiger partial charge is 0.479 e. The Morgan fingerprint density at radius 3 is 2.90 bits per heavy atom. The van der Waals surface area contributed by atoms with Gasteiger partial charge in [-0.15, -0.1) is 0 Å². The lowest BCUT2D eigenvalue weighted by Gasteiger charge is -2.14. The van der Waals surface area contributed by atoms with Crippen LogP contribution in [-0.2, 0) is 4.79 Å². The number of nitrogens with one attached hydrogen (secondary N) is 1. The molecule has 0 aliphatic carbocycles. The van der Waals surface area contributed by atoms with Crippen LogP contribution in [-0.4, -0.2) is 23.2 Å². The second kappa shape index (κ2) is 7.93. The highest BCUT2D eigenvalue weighted by molar-refractivity contribution is 5.88. The lowest BCUT2D eigenvalue weighted by atomic mass is 10.2. The summed E-state index contributed by atoms with van der Waals surface area (Å²) in [6, 6.07) is 16.2. The van der Waals surface area contributed by atoms with Gasteiger partial charge in [-0.2, -0.15) is 5.10 Å². The number of benzene rings is 2. The Bertz CT molecular complexity index is 1270. The van der Waals surface area contributed by atoms with Gasteiger partial charge in [-0.05, 0) is 31.2 Å². The lowest BCUT2D eigenvalue weighted by molar-refractivity contribution is -0.127. The van der Waals surface area contributed by atoms with Gasteiger partial charge in [-0.25, -0.2) is 5.43 Å². The van der Waals surface area contributed by atoms with Crippen LogP contribution in [0.4, 0.5) is 0 Å². The van der Waals surface area contributed by atoms with Crippen molar-refractivity contribution in [2.45, 2.75) is 13.0 Å². The average molecular weight is 387 g/mol. The minimum absolute atomic E-state index is 0.226. The molecule has 4 rings (SSSR count). The summed E-state index contributed by atoms with van der Waals surface area (Å²) in [7, 11) is 0. The van der Waals surface area contributed by atoms with Gasteiger partial charge >= 0.3 is 0 Å². The Kier molecular flexibility index (Phi) is 5.03. The standard InChI is InChI=1S/C22H17N3O4/c1-14(29-19-10-4-6-15-7-5-11-23-20(15)19)22(27)25-24-12-16-13-28-18-9-3-2-8-17(18)21(16)26/h2-14H,1H3,(H,25,27)/b24-12-/t14-/m1/s1. The van der Waals surface area contributed by atoms with Crippen molar-refractivity contribution in [2.75, 3.05) is 0 Å². The van der Waals surface area contributed by atoms with E-state index in [1.807, 2.05) is 24.3 Å². The van der Waals surface area contributed by atoms with E-state index in [9.17, 15) is 9.59 Å². The number of ether oxygens (including phenoxy) is 1. The number of para-hydroxylation sites is 2. The molecule has 0 radical (unpaired) electrons. The molecule has 0 bridgehead atoms. The Morgan fingerprint density at radius 1 is 1.17 bits per heavy atom. The molecule has 2 heterocycles. The Labute approximate surface area is 165 Å². The zero-order chi connectivity index (χ0) is 20.2. The van der Waals surface area contributed by atoms with Crippen LogP contribution in [0.3, 0.4) is 0 Å². The molecule has 1 atom stereocenters. The number of aromatic nitrogens is 1. The number of rotatable bonds is 5. The molecule has 0 spiro atoms. The predicted octanol–water partition coefficient (Wildman–Crippen LogP) is 3.26. The molecule has 29 heavy (non-hydrogen) atoms. The average Bonchev–Trinajstić information content (AvgIpc) is 2.75. The Hall–Kier alpha value is -4.00. The summed E-state index contributed by atoms with van der Waals surface area (Å²) in [6.07, 6.45) is 3.41. The van der Waals surface area contributed by atoms with Gasteiger partial charge in [0.2, 0.25) is 5.43 Å². The normalized spacial score (nSPS) is 12.3. The first-order valence-corrected chi connectivity index (χ1v) is 8.97. The van der Waals surface area contributed by atoms with Crippen molar-refractivity contribution in [1.29, 1.82) is 0 Å². The van der Waals surface area contributed by atoms with Crippen molar-refractivity contribution in [2.24, 2.45) is 5.10 Å². The minimum atomic E-state index is -0.812. The van der Waals surface area contributed by atoms with Crippen molar-refractivity contribution in [1.82, 2.24) is 10.4 Å². The topological polar surface area (TPSA) is 93.8 Å². The van der Waals surface area contributed by atoms with Crippen LogP contribution in [0.5, 0.6) is 5.75 Å². The van der Waals surface area contributed by atoms with Gasteiger partial charge in [0.25, 0.3) is 5.91 Å². The molecular weight excluding hydrogens is 370 g/mol. The number of fused-ring (bicyclic) bond motifs is 2. The predicted molar refractivity (Wildman–Crippen MR) is 110 cm³/mol. The fraction of sp³-hybridized carbons (Fsp3) is 0.0909. The highest BCUT2D eigenvalue weighted by Gasteiger charge is 2.16. The quantitative estimate of drug-likeness (QED) is 0.419. The number of pyridine rings is 1. The number of amides is 1. The molecule has 2 aromatic heterocycles. The van der Waals surface area contributed by atoms with Crippen LogP contribution >= 0.6 is 0 Å². The molecule has 4 aromatic rings. The summed E-state index contributed by atoms with van der Waals surface area (Å²) < 4.78 is 11.2. The first-order valence-electron chi connectivity index (χ1n) is 8.97. The van der Waals surface area contributed by atoms with Gasteiger partial charge < -0.3 is 9.15 Å². The Balaban J connectivity index is 1.45. The molecule has 0 aliphatic rings. The molecule has 0 saturated heterocycles. The van der Waals surface area contributed by atoms with E-state index in [0.717, 1.165) is 5.39 Å². The second-order valence-electron chi connectivity index (χ2n) is 6.34. The van der Waals surface area contributed by atoms with E-state index >= 15 is 0 Å². The summed E-state index contributed by atoms with van der Waals surface area (Å²) in [5.74, 6) is 0.0456. The van der Waals surface area contributed by atoms with Crippen LogP contribution in [0, 0.1) is 0 Å². The van der Waals surface area contributed by atoms with Crippen molar-refractivity contribution in [3.05, 3.63) is 82.8 Å². The van der Waals surface area contributed by atoms with Crippen molar-refractivity contribution in [3.63, 3.8) is 0 Å². The van der Waals surface area contributed by atoms with Gasteiger partial charge in [-0.1, -0.05) is 30.3 Å². The third kappa shape index (κ3) is 3.84. The zero-order valence-electron chi connectivity index (χ0n) is 15.5. The first-order chi connectivity index (χ1) is 14.1. The maximum Gasteiger partial charge on any atom is 0.280 e. The maximum absolute atomic E-state index is 12.4. The van der Waals surface area contributed by atoms with Crippen LogP contribution < -0.4 is 15.6 Å². The lowest BCUT2D eigenvalue weighted by Crippen LogP contribution is -2.33. The summed E-state index contributed by atoms with van der Waals surface area (Å²) >= 11 is 0. The van der Waals surface area contributed by atoms with Crippen molar-refractivity contribution >= 4 is 34.0 Å². The molecule has 1 N–H and O–H groups in total. The van der Waals surface area contributed by atoms with Gasteiger partial charge in [-0.3, -0.25) is 14.6 Å². The van der Waals surface area contributed by atoms with E-state index < -0.39 is 12.0 Å². The van der Waals surface area contributed by atoms with Gasteiger partial charge in [0, 0.05) is 11.6 Å². The molecule has 0 saturated carbocycles. The molecule has 1 amide bonds. The molecule has 0 unspecified atom stereocenters. The van der Waals surface area contributed by atoms with Crippen molar-refractivity contribution < 1.29 is 13.9 Å². The fourth-order valence-corrected chi connectivity index (χ4v) is 2.85. The van der Waals surface area contributed by atoms with E-state index in [4.69, 9.17) is 9.15 Å². The number of hydrogen-bond acceptors (Lipinski definition) is 6. The first kappa shape index (κ1) is 18.4. The van der Waals surface area contributed by atoms with Gasteiger partial charge in [0.15, 0.2) is 6.10 Å². The van der Waals surface area contributed by atoms with Gasteiger partial charge in [0.1, 0.15) is 23.1 Å². The summed E-state index contributed by atoms with van der Waals surface area (Å²) in [5.41, 5.74) is 3.55. The minimum Gasteiger partial charge on any atom is -0.479 e. The highest BCUT2D eigenvalue weighted by atomic mass is 16.5. The number of carbonyl (C=O) groups excluding carboxylic acids is 1.